The third-order valence-electron chi connectivity index (χ3n) is 3.10. The molecule has 0 bridgehead atoms. The highest BCUT2D eigenvalue weighted by molar-refractivity contribution is 7.08. The average molecular weight is 252 g/mol. The number of carbonyl (C=O) groups is 2. The van der Waals surface area contributed by atoms with Crippen LogP contribution in [0.1, 0.15) is 10.4 Å². The molecular weight excluding hydrogens is 240 g/mol. The quantitative estimate of drug-likeness (QED) is 0.770. The molecule has 90 valence electrons. The molecule has 0 radical (unpaired) electrons. The Morgan fingerprint density at radius 3 is 3.18 bits per heavy atom. The zero-order chi connectivity index (χ0) is 11.8. The molecule has 0 aliphatic carbocycles. The van der Waals surface area contributed by atoms with Gasteiger partial charge in [-0.3, -0.25) is 9.59 Å². The third kappa shape index (κ3) is 1.94. The molecule has 0 aromatic carbocycles. The Bertz CT molecular complexity index is 446. The molecular formula is C11H12N2O3S. The second-order valence-electron chi connectivity index (χ2n) is 4.25. The maximum absolute atomic E-state index is 12.1. The second kappa shape index (κ2) is 4.12. The predicted molar refractivity (Wildman–Crippen MR) is 61.9 cm³/mol. The van der Waals surface area contributed by atoms with Gasteiger partial charge in [0.25, 0.3) is 5.91 Å². The number of hydrogen-bond donors (Lipinski definition) is 1. The Morgan fingerprint density at radius 2 is 2.41 bits per heavy atom. The highest BCUT2D eigenvalue weighted by Crippen LogP contribution is 2.19. The van der Waals surface area contributed by atoms with Crippen LogP contribution < -0.4 is 5.32 Å². The Labute approximate surface area is 102 Å². The minimum atomic E-state index is -0.101. The first-order valence-electron chi connectivity index (χ1n) is 5.46. The van der Waals surface area contributed by atoms with Gasteiger partial charge in [-0.1, -0.05) is 0 Å². The molecule has 17 heavy (non-hydrogen) atoms. The van der Waals surface area contributed by atoms with E-state index < -0.39 is 0 Å². The van der Waals surface area contributed by atoms with Crippen LogP contribution in [0.5, 0.6) is 0 Å². The van der Waals surface area contributed by atoms with Crippen LogP contribution in [0, 0.1) is 0 Å². The van der Waals surface area contributed by atoms with Gasteiger partial charge in [0.1, 0.15) is 6.61 Å². The van der Waals surface area contributed by atoms with E-state index >= 15 is 0 Å². The molecule has 0 unspecified atom stereocenters. The summed E-state index contributed by atoms with van der Waals surface area (Å²) in [6, 6.07) is 1.76. The molecule has 2 aliphatic heterocycles. The van der Waals surface area contributed by atoms with E-state index in [0.717, 1.165) is 0 Å². The van der Waals surface area contributed by atoms with Gasteiger partial charge in [0.15, 0.2) is 0 Å². The molecule has 0 saturated carbocycles. The Kier molecular flexibility index (Phi) is 2.60. The molecule has 3 rings (SSSR count). The molecule has 2 aliphatic rings. The summed E-state index contributed by atoms with van der Waals surface area (Å²) in [6.07, 6.45) is -0.0599. The molecule has 2 saturated heterocycles. The largest absolute Gasteiger partial charge is 0.364 e. The van der Waals surface area contributed by atoms with Gasteiger partial charge in [0.05, 0.1) is 17.7 Å². The van der Waals surface area contributed by atoms with Crippen LogP contribution >= 0.6 is 11.3 Å². The molecule has 5 nitrogen and oxygen atoms in total. The van der Waals surface area contributed by atoms with Gasteiger partial charge < -0.3 is 15.0 Å². The first-order chi connectivity index (χ1) is 8.24. The lowest BCUT2D eigenvalue weighted by Gasteiger charge is -2.24. The van der Waals surface area contributed by atoms with E-state index in [9.17, 15) is 9.59 Å². The van der Waals surface area contributed by atoms with Gasteiger partial charge in [0.2, 0.25) is 5.91 Å². The summed E-state index contributed by atoms with van der Waals surface area (Å²) in [6.45, 7) is 1.19. The fourth-order valence-corrected chi connectivity index (χ4v) is 2.88. The fourth-order valence-electron chi connectivity index (χ4n) is 2.25. The molecule has 2 fully saturated rings. The summed E-state index contributed by atoms with van der Waals surface area (Å²) in [5, 5.41) is 6.57. The molecule has 1 aromatic heterocycles. The first kappa shape index (κ1) is 10.7. The fraction of sp³-hybridized carbons (Fsp3) is 0.455. The van der Waals surface area contributed by atoms with Crippen molar-refractivity contribution in [1.82, 2.24) is 10.2 Å². The van der Waals surface area contributed by atoms with Gasteiger partial charge in [-0.25, -0.2) is 0 Å². The number of morpholine rings is 1. The lowest BCUT2D eigenvalue weighted by atomic mass is 10.2. The Balaban J connectivity index is 1.71. The number of fused-ring (bicyclic) bond motifs is 1. The van der Waals surface area contributed by atoms with E-state index in [2.05, 4.69) is 5.32 Å². The normalized spacial score (nSPS) is 27.8. The summed E-state index contributed by atoms with van der Waals surface area (Å²) in [7, 11) is 0. The minimum Gasteiger partial charge on any atom is -0.364 e. The monoisotopic (exact) mass is 252 g/mol. The summed E-state index contributed by atoms with van der Waals surface area (Å²) in [5.41, 5.74) is 0.708. The van der Waals surface area contributed by atoms with Gasteiger partial charge in [0, 0.05) is 18.5 Å². The number of nitrogens with one attached hydrogen (secondary N) is 1. The molecule has 3 heterocycles. The van der Waals surface area contributed by atoms with Crippen molar-refractivity contribution in [3.05, 3.63) is 22.4 Å². The topological polar surface area (TPSA) is 58.6 Å². The van der Waals surface area contributed by atoms with Gasteiger partial charge in [-0.2, -0.15) is 11.3 Å². The maximum atomic E-state index is 12.1. The number of hydrogen-bond acceptors (Lipinski definition) is 4. The van der Waals surface area contributed by atoms with Crippen molar-refractivity contribution >= 4 is 23.2 Å². The van der Waals surface area contributed by atoms with E-state index in [-0.39, 0.29) is 30.6 Å². The SMILES string of the molecule is O=C1CO[C@H]2CN(C(=O)c3ccsc3)C[C@@H]2N1. The Morgan fingerprint density at radius 1 is 1.53 bits per heavy atom. The highest BCUT2D eigenvalue weighted by Gasteiger charge is 2.39. The maximum Gasteiger partial charge on any atom is 0.254 e. The summed E-state index contributed by atoms with van der Waals surface area (Å²) in [4.78, 5) is 25.0. The predicted octanol–water partition coefficient (Wildman–Crippen LogP) is 0.0875. The van der Waals surface area contributed by atoms with Crippen molar-refractivity contribution < 1.29 is 14.3 Å². The molecule has 1 aromatic rings. The number of amides is 2. The van der Waals surface area contributed by atoms with Gasteiger partial charge in [-0.05, 0) is 11.4 Å². The van der Waals surface area contributed by atoms with Crippen molar-refractivity contribution in [3.63, 3.8) is 0 Å². The molecule has 0 spiro atoms. The van der Waals surface area contributed by atoms with Crippen LogP contribution in [0.15, 0.2) is 16.8 Å². The van der Waals surface area contributed by atoms with E-state index in [1.54, 1.807) is 4.90 Å². The average Bonchev–Trinajstić information content (AvgIpc) is 2.96. The molecule has 1 N–H and O–H groups in total. The van der Waals surface area contributed by atoms with E-state index in [4.69, 9.17) is 4.74 Å². The van der Waals surface area contributed by atoms with Gasteiger partial charge in [-0.15, -0.1) is 0 Å². The number of thiophene rings is 1. The summed E-state index contributed by atoms with van der Waals surface area (Å²) < 4.78 is 5.41. The Hall–Kier alpha value is -1.40. The smallest absolute Gasteiger partial charge is 0.254 e. The first-order valence-corrected chi connectivity index (χ1v) is 6.41. The lowest BCUT2D eigenvalue weighted by molar-refractivity contribution is -0.134. The third-order valence-corrected chi connectivity index (χ3v) is 3.78. The van der Waals surface area contributed by atoms with E-state index in [0.29, 0.717) is 18.7 Å². The van der Waals surface area contributed by atoms with Crippen LogP contribution in [0.2, 0.25) is 0 Å². The standard InChI is InChI=1S/C11H12N2O3S/c14-10-5-16-9-4-13(3-8(9)12-10)11(15)7-1-2-17-6-7/h1-2,6,8-9H,3-5H2,(H,12,14)/t8-,9-/m0/s1. The zero-order valence-electron chi connectivity index (χ0n) is 9.09. The van der Waals surface area contributed by atoms with Crippen molar-refractivity contribution in [3.8, 4) is 0 Å². The van der Waals surface area contributed by atoms with Crippen molar-refractivity contribution in [2.45, 2.75) is 12.1 Å². The van der Waals surface area contributed by atoms with Gasteiger partial charge >= 0.3 is 0 Å². The van der Waals surface area contributed by atoms with Crippen molar-refractivity contribution in [2.24, 2.45) is 0 Å². The number of ether oxygens (including phenoxy) is 1. The van der Waals surface area contributed by atoms with Crippen molar-refractivity contribution in [2.75, 3.05) is 19.7 Å². The zero-order valence-corrected chi connectivity index (χ0v) is 9.90. The summed E-state index contributed by atoms with van der Waals surface area (Å²) in [5.74, 6) is -0.0884. The van der Waals surface area contributed by atoms with Crippen LogP contribution in [0.25, 0.3) is 0 Å². The van der Waals surface area contributed by atoms with E-state index in [1.165, 1.54) is 11.3 Å². The lowest BCUT2D eigenvalue weighted by Crippen LogP contribution is -2.50. The van der Waals surface area contributed by atoms with Crippen LogP contribution in [-0.4, -0.2) is 48.6 Å². The number of nitrogens with zero attached hydrogens (tertiary/aromatic N) is 1. The minimum absolute atomic E-state index is 0.0125. The van der Waals surface area contributed by atoms with E-state index in [1.807, 2.05) is 16.8 Å². The number of rotatable bonds is 1. The number of likely N-dealkylation sites (tertiary alicyclic amines) is 1. The highest BCUT2D eigenvalue weighted by atomic mass is 32.1. The second-order valence-corrected chi connectivity index (χ2v) is 5.03. The molecule has 2 atom stereocenters. The number of carbonyl (C=O) groups excluding carboxylic acids is 2. The molecule has 6 heteroatoms. The summed E-state index contributed by atoms with van der Waals surface area (Å²) >= 11 is 1.50. The van der Waals surface area contributed by atoms with Crippen molar-refractivity contribution in [1.29, 1.82) is 0 Å². The van der Waals surface area contributed by atoms with Crippen LogP contribution in [0.3, 0.4) is 0 Å². The van der Waals surface area contributed by atoms with Crippen LogP contribution in [-0.2, 0) is 9.53 Å². The van der Waals surface area contributed by atoms with Crippen LogP contribution in [0.4, 0.5) is 0 Å². The molecule has 2 amide bonds.